The van der Waals surface area contributed by atoms with Gasteiger partial charge in [0, 0.05) is 36.5 Å². The van der Waals surface area contributed by atoms with E-state index in [-0.39, 0.29) is 6.10 Å². The lowest BCUT2D eigenvalue weighted by Gasteiger charge is -2.32. The Kier molecular flexibility index (Phi) is 4.63. The Balaban J connectivity index is 1.69. The van der Waals surface area contributed by atoms with Crippen LogP contribution in [0.4, 0.5) is 0 Å². The molecule has 0 aromatic carbocycles. The molecule has 2 atom stereocenters. The first kappa shape index (κ1) is 14.6. The zero-order valence-electron chi connectivity index (χ0n) is 12.5. The number of nitrogens with zero attached hydrogens (tertiary/aromatic N) is 2. The van der Waals surface area contributed by atoms with Crippen LogP contribution in [0.15, 0.2) is 24.5 Å². The second kappa shape index (κ2) is 6.64. The van der Waals surface area contributed by atoms with E-state index in [1.54, 1.807) is 11.3 Å². The van der Waals surface area contributed by atoms with Crippen molar-refractivity contribution in [3.63, 3.8) is 0 Å². The van der Waals surface area contributed by atoms with Crippen molar-refractivity contribution in [2.75, 3.05) is 6.61 Å². The molecule has 3 rings (SSSR count). The summed E-state index contributed by atoms with van der Waals surface area (Å²) in [6, 6.07) is 4.45. The molecular weight excluding hydrogens is 282 g/mol. The molecule has 0 spiro atoms. The number of ether oxygens (including phenoxy) is 1. The van der Waals surface area contributed by atoms with E-state index < -0.39 is 0 Å². The molecule has 1 aliphatic rings. The van der Waals surface area contributed by atoms with Crippen molar-refractivity contribution in [2.24, 2.45) is 0 Å². The molecule has 0 amide bonds. The predicted molar refractivity (Wildman–Crippen MR) is 84.4 cm³/mol. The van der Waals surface area contributed by atoms with Gasteiger partial charge in [-0.15, -0.1) is 11.3 Å². The van der Waals surface area contributed by atoms with Gasteiger partial charge in [-0.05, 0) is 44.4 Å². The molecule has 0 radical (unpaired) electrons. The molecule has 0 aliphatic carbocycles. The Bertz CT molecular complexity index is 584. The van der Waals surface area contributed by atoms with E-state index in [0.717, 1.165) is 36.7 Å². The lowest BCUT2D eigenvalue weighted by atomic mass is 9.96. The highest BCUT2D eigenvalue weighted by Crippen LogP contribution is 2.28. The minimum atomic E-state index is 0.121. The van der Waals surface area contributed by atoms with Gasteiger partial charge in [0.1, 0.15) is 0 Å². The van der Waals surface area contributed by atoms with Gasteiger partial charge in [0.2, 0.25) is 0 Å². The molecule has 1 N–H and O–H groups in total. The summed E-state index contributed by atoms with van der Waals surface area (Å²) in [6.45, 7) is 5.85. The number of thiazole rings is 1. The van der Waals surface area contributed by atoms with Crippen molar-refractivity contribution < 1.29 is 4.74 Å². The molecule has 2 aromatic rings. The van der Waals surface area contributed by atoms with Crippen molar-refractivity contribution in [1.82, 2.24) is 15.3 Å². The summed E-state index contributed by atoms with van der Waals surface area (Å²) in [5, 5.41) is 4.80. The molecular formula is C16H21N3OS. The lowest BCUT2D eigenvalue weighted by molar-refractivity contribution is -0.0112. The Morgan fingerprint density at radius 3 is 2.86 bits per heavy atom. The van der Waals surface area contributed by atoms with Crippen molar-refractivity contribution in [3.8, 4) is 0 Å². The normalized spacial score (nSPS) is 22.4. The van der Waals surface area contributed by atoms with E-state index in [2.05, 4.69) is 29.1 Å². The van der Waals surface area contributed by atoms with Crippen LogP contribution in [0.5, 0.6) is 0 Å². The smallest absolute Gasteiger partial charge is 0.0978 e. The molecule has 21 heavy (non-hydrogen) atoms. The molecule has 2 aromatic heterocycles. The molecule has 1 aliphatic heterocycles. The molecule has 4 nitrogen and oxygen atoms in total. The second-order valence-corrected chi connectivity index (χ2v) is 6.73. The fourth-order valence-corrected chi connectivity index (χ4v) is 3.72. The summed E-state index contributed by atoms with van der Waals surface area (Å²) in [5.74, 6) is 0. The Morgan fingerprint density at radius 1 is 1.33 bits per heavy atom. The SMILES string of the molecule is Cc1nc(C)c(CN[C@H]2CCCO[C@@H]2c2ccncc2)s1. The quantitative estimate of drug-likeness (QED) is 0.942. The molecule has 0 saturated carbocycles. The third-order valence-corrected chi connectivity index (χ3v) is 4.95. The van der Waals surface area contributed by atoms with Crippen molar-refractivity contribution in [2.45, 2.75) is 45.4 Å². The van der Waals surface area contributed by atoms with Crippen LogP contribution in [0.1, 0.15) is 40.1 Å². The monoisotopic (exact) mass is 303 g/mol. The van der Waals surface area contributed by atoms with E-state index >= 15 is 0 Å². The number of hydrogen-bond donors (Lipinski definition) is 1. The van der Waals surface area contributed by atoms with Crippen molar-refractivity contribution in [1.29, 1.82) is 0 Å². The minimum absolute atomic E-state index is 0.121. The van der Waals surface area contributed by atoms with Crippen LogP contribution in [-0.4, -0.2) is 22.6 Å². The van der Waals surface area contributed by atoms with Gasteiger partial charge in [-0.1, -0.05) is 0 Å². The largest absolute Gasteiger partial charge is 0.372 e. The Morgan fingerprint density at radius 2 is 2.14 bits per heavy atom. The van der Waals surface area contributed by atoms with Gasteiger partial charge in [-0.3, -0.25) is 4.98 Å². The van der Waals surface area contributed by atoms with Crippen LogP contribution in [0.25, 0.3) is 0 Å². The highest BCUT2D eigenvalue weighted by Gasteiger charge is 2.27. The fourth-order valence-electron chi connectivity index (χ4n) is 2.83. The maximum absolute atomic E-state index is 6.00. The van der Waals surface area contributed by atoms with Gasteiger partial charge in [0.05, 0.1) is 16.8 Å². The standard InChI is InChI=1S/C16H21N3OS/c1-11-15(21-12(2)19-11)10-18-14-4-3-9-20-16(14)13-5-7-17-8-6-13/h5-8,14,16,18H,3-4,9-10H2,1-2H3/t14-,16+/m0/s1. The summed E-state index contributed by atoms with van der Waals surface area (Å²) in [6.07, 6.45) is 6.04. The van der Waals surface area contributed by atoms with E-state index in [1.165, 1.54) is 10.4 Å². The number of pyridine rings is 1. The lowest BCUT2D eigenvalue weighted by Crippen LogP contribution is -2.39. The number of rotatable bonds is 4. The average molecular weight is 303 g/mol. The summed E-state index contributed by atoms with van der Waals surface area (Å²) in [5.41, 5.74) is 2.35. The highest BCUT2D eigenvalue weighted by molar-refractivity contribution is 7.11. The topological polar surface area (TPSA) is 47.0 Å². The maximum Gasteiger partial charge on any atom is 0.0978 e. The van der Waals surface area contributed by atoms with Crippen LogP contribution in [0, 0.1) is 13.8 Å². The van der Waals surface area contributed by atoms with Gasteiger partial charge in [0.15, 0.2) is 0 Å². The first-order chi connectivity index (χ1) is 10.2. The predicted octanol–water partition coefficient (Wildman–Crippen LogP) is 3.16. The molecule has 0 bridgehead atoms. The third kappa shape index (κ3) is 3.48. The average Bonchev–Trinajstić information content (AvgIpc) is 2.84. The Labute approximate surface area is 129 Å². The number of aryl methyl sites for hydroxylation is 2. The summed E-state index contributed by atoms with van der Waals surface area (Å²) in [4.78, 5) is 9.91. The van der Waals surface area contributed by atoms with Gasteiger partial charge in [-0.25, -0.2) is 4.98 Å². The molecule has 112 valence electrons. The highest BCUT2D eigenvalue weighted by atomic mass is 32.1. The van der Waals surface area contributed by atoms with Gasteiger partial charge >= 0.3 is 0 Å². The van der Waals surface area contributed by atoms with Crippen LogP contribution in [0.2, 0.25) is 0 Å². The van der Waals surface area contributed by atoms with Crippen LogP contribution in [0.3, 0.4) is 0 Å². The van der Waals surface area contributed by atoms with E-state index in [1.807, 2.05) is 24.5 Å². The van der Waals surface area contributed by atoms with Gasteiger partial charge < -0.3 is 10.1 Å². The molecule has 0 unspecified atom stereocenters. The Hall–Kier alpha value is -1.30. The number of aromatic nitrogens is 2. The van der Waals surface area contributed by atoms with Gasteiger partial charge in [-0.2, -0.15) is 0 Å². The maximum atomic E-state index is 6.00. The summed E-state index contributed by atoms with van der Waals surface area (Å²) in [7, 11) is 0. The zero-order valence-corrected chi connectivity index (χ0v) is 13.3. The fraction of sp³-hybridized carbons (Fsp3) is 0.500. The zero-order chi connectivity index (χ0) is 14.7. The minimum Gasteiger partial charge on any atom is -0.372 e. The van der Waals surface area contributed by atoms with Gasteiger partial charge in [0.25, 0.3) is 0 Å². The second-order valence-electron chi connectivity index (χ2n) is 5.44. The molecule has 1 fully saturated rings. The van der Waals surface area contributed by atoms with E-state index in [4.69, 9.17) is 4.74 Å². The summed E-state index contributed by atoms with van der Waals surface area (Å²) < 4.78 is 6.00. The third-order valence-electron chi connectivity index (χ3n) is 3.88. The first-order valence-electron chi connectivity index (χ1n) is 7.42. The van der Waals surface area contributed by atoms with Crippen LogP contribution >= 0.6 is 11.3 Å². The van der Waals surface area contributed by atoms with Crippen molar-refractivity contribution in [3.05, 3.63) is 45.7 Å². The van der Waals surface area contributed by atoms with E-state index in [9.17, 15) is 0 Å². The van der Waals surface area contributed by atoms with Crippen molar-refractivity contribution >= 4 is 11.3 Å². The summed E-state index contributed by atoms with van der Waals surface area (Å²) >= 11 is 1.78. The number of hydrogen-bond acceptors (Lipinski definition) is 5. The molecule has 3 heterocycles. The number of nitrogens with one attached hydrogen (secondary N) is 1. The van der Waals surface area contributed by atoms with Crippen LogP contribution < -0.4 is 5.32 Å². The molecule has 1 saturated heterocycles. The first-order valence-corrected chi connectivity index (χ1v) is 8.23. The van der Waals surface area contributed by atoms with E-state index in [0.29, 0.717) is 6.04 Å². The van der Waals surface area contributed by atoms with Crippen LogP contribution in [-0.2, 0) is 11.3 Å². The molecule has 5 heteroatoms.